The van der Waals surface area contributed by atoms with E-state index in [1.807, 2.05) is 85.8 Å². The van der Waals surface area contributed by atoms with Crippen molar-refractivity contribution in [1.29, 1.82) is 0 Å². The molecule has 4 aromatic rings. The topological polar surface area (TPSA) is 56.1 Å². The van der Waals surface area contributed by atoms with Crippen LogP contribution < -0.4 is 10.1 Å². The second-order valence-electron chi connectivity index (χ2n) is 7.07. The highest BCUT2D eigenvalue weighted by Gasteiger charge is 2.18. The fourth-order valence-electron chi connectivity index (χ4n) is 3.28. The molecule has 0 aliphatic rings. The minimum absolute atomic E-state index is 0.162. The molecule has 1 aromatic heterocycles. The van der Waals surface area contributed by atoms with E-state index in [9.17, 15) is 4.79 Å². The van der Waals surface area contributed by atoms with Gasteiger partial charge in [0.05, 0.1) is 18.4 Å². The fourth-order valence-corrected chi connectivity index (χ4v) is 3.28. The van der Waals surface area contributed by atoms with E-state index in [1.165, 1.54) is 0 Å². The van der Waals surface area contributed by atoms with Crippen molar-refractivity contribution < 1.29 is 9.53 Å². The lowest BCUT2D eigenvalue weighted by atomic mass is 10.1. The van der Waals surface area contributed by atoms with Gasteiger partial charge in [0, 0.05) is 18.3 Å². The molecule has 5 heteroatoms. The predicted molar refractivity (Wildman–Crippen MR) is 118 cm³/mol. The molecule has 0 fully saturated rings. The van der Waals surface area contributed by atoms with Crippen LogP contribution in [-0.2, 0) is 6.54 Å². The van der Waals surface area contributed by atoms with Gasteiger partial charge in [-0.15, -0.1) is 0 Å². The highest BCUT2D eigenvalue weighted by Crippen LogP contribution is 2.25. The monoisotopic (exact) mass is 397 g/mol. The zero-order valence-corrected chi connectivity index (χ0v) is 17.0. The van der Waals surface area contributed by atoms with E-state index in [-0.39, 0.29) is 5.91 Å². The Bertz CT molecular complexity index is 1150. The van der Waals surface area contributed by atoms with E-state index >= 15 is 0 Å². The molecular formula is C25H23N3O2. The van der Waals surface area contributed by atoms with Crippen LogP contribution >= 0.6 is 0 Å². The Hall–Kier alpha value is -3.86. The summed E-state index contributed by atoms with van der Waals surface area (Å²) in [5.74, 6) is 0.625. The molecule has 3 aromatic carbocycles. The standard InChI is InChI=1S/C25H23N3O2/c1-18-7-6-8-20(15-18)24-23(17-28(27-24)21-9-4-3-5-10-21)25(29)26-16-19-11-13-22(30-2)14-12-19/h3-15,17H,16H2,1-2H3,(H,26,29). The maximum absolute atomic E-state index is 13.1. The lowest BCUT2D eigenvalue weighted by molar-refractivity contribution is 0.0951. The zero-order chi connectivity index (χ0) is 20.9. The number of aromatic nitrogens is 2. The lowest BCUT2D eigenvalue weighted by Crippen LogP contribution is -2.23. The summed E-state index contributed by atoms with van der Waals surface area (Å²) in [5, 5.41) is 7.74. The Morgan fingerprint density at radius 1 is 1.00 bits per heavy atom. The molecule has 0 saturated heterocycles. The van der Waals surface area contributed by atoms with Gasteiger partial charge in [0.1, 0.15) is 11.4 Å². The average molecular weight is 397 g/mol. The number of benzene rings is 3. The van der Waals surface area contributed by atoms with Crippen LogP contribution in [0.15, 0.2) is 85.1 Å². The van der Waals surface area contributed by atoms with E-state index in [0.29, 0.717) is 17.8 Å². The molecule has 4 rings (SSSR count). The van der Waals surface area contributed by atoms with Gasteiger partial charge in [0.25, 0.3) is 5.91 Å². The van der Waals surface area contributed by atoms with Gasteiger partial charge in [0.2, 0.25) is 0 Å². The molecule has 1 amide bonds. The molecular weight excluding hydrogens is 374 g/mol. The number of amides is 1. The normalized spacial score (nSPS) is 10.6. The first-order valence-electron chi connectivity index (χ1n) is 9.77. The molecule has 0 radical (unpaired) electrons. The maximum Gasteiger partial charge on any atom is 0.255 e. The van der Waals surface area contributed by atoms with Gasteiger partial charge in [-0.25, -0.2) is 4.68 Å². The highest BCUT2D eigenvalue weighted by atomic mass is 16.5. The summed E-state index contributed by atoms with van der Waals surface area (Å²) in [4.78, 5) is 13.1. The van der Waals surface area contributed by atoms with Crippen molar-refractivity contribution in [3.05, 3.63) is 102 Å². The van der Waals surface area contributed by atoms with Crippen molar-refractivity contribution in [2.24, 2.45) is 0 Å². The smallest absolute Gasteiger partial charge is 0.255 e. The maximum atomic E-state index is 13.1. The number of ether oxygens (including phenoxy) is 1. The van der Waals surface area contributed by atoms with E-state index in [4.69, 9.17) is 9.84 Å². The molecule has 1 heterocycles. The summed E-state index contributed by atoms with van der Waals surface area (Å²) in [6.45, 7) is 2.45. The van der Waals surface area contributed by atoms with Crippen LogP contribution in [0.2, 0.25) is 0 Å². The van der Waals surface area contributed by atoms with Crippen molar-refractivity contribution in [3.63, 3.8) is 0 Å². The van der Waals surface area contributed by atoms with Crippen LogP contribution in [0, 0.1) is 6.92 Å². The van der Waals surface area contributed by atoms with E-state index in [0.717, 1.165) is 28.1 Å². The molecule has 0 saturated carbocycles. The van der Waals surface area contributed by atoms with Gasteiger partial charge in [-0.2, -0.15) is 5.10 Å². The molecule has 1 N–H and O–H groups in total. The fraction of sp³-hybridized carbons (Fsp3) is 0.120. The SMILES string of the molecule is COc1ccc(CNC(=O)c2cn(-c3ccccc3)nc2-c2cccc(C)c2)cc1. The van der Waals surface area contributed by atoms with Crippen LogP contribution in [0.5, 0.6) is 5.75 Å². The quantitative estimate of drug-likeness (QED) is 0.509. The van der Waals surface area contributed by atoms with Crippen molar-refractivity contribution in [2.75, 3.05) is 7.11 Å². The second-order valence-corrected chi connectivity index (χ2v) is 7.07. The van der Waals surface area contributed by atoms with Gasteiger partial charge in [-0.05, 0) is 42.8 Å². The van der Waals surface area contributed by atoms with Crippen LogP contribution in [0.25, 0.3) is 16.9 Å². The highest BCUT2D eigenvalue weighted by molar-refractivity contribution is 6.00. The molecule has 0 bridgehead atoms. The van der Waals surface area contributed by atoms with Gasteiger partial charge in [-0.3, -0.25) is 4.79 Å². The number of hydrogen-bond acceptors (Lipinski definition) is 3. The van der Waals surface area contributed by atoms with Crippen molar-refractivity contribution in [1.82, 2.24) is 15.1 Å². The second kappa shape index (κ2) is 8.66. The number of para-hydroxylation sites is 1. The van der Waals surface area contributed by atoms with Crippen molar-refractivity contribution in [3.8, 4) is 22.7 Å². The number of carbonyl (C=O) groups is 1. The van der Waals surface area contributed by atoms with E-state index < -0.39 is 0 Å². The summed E-state index contributed by atoms with van der Waals surface area (Å²) in [6, 6.07) is 25.5. The third kappa shape index (κ3) is 4.25. The van der Waals surface area contributed by atoms with E-state index in [2.05, 4.69) is 5.32 Å². The Morgan fingerprint density at radius 3 is 2.47 bits per heavy atom. The minimum atomic E-state index is -0.162. The molecule has 150 valence electrons. The summed E-state index contributed by atoms with van der Waals surface area (Å²) in [5.41, 5.74) is 5.13. The van der Waals surface area contributed by atoms with Gasteiger partial charge in [-0.1, -0.05) is 54.1 Å². The number of nitrogens with one attached hydrogen (secondary N) is 1. The Morgan fingerprint density at radius 2 is 1.77 bits per heavy atom. The third-order valence-electron chi connectivity index (χ3n) is 4.88. The minimum Gasteiger partial charge on any atom is -0.497 e. The number of nitrogens with zero attached hydrogens (tertiary/aromatic N) is 2. The number of aryl methyl sites for hydroxylation is 1. The van der Waals surface area contributed by atoms with Gasteiger partial charge in [0.15, 0.2) is 0 Å². The molecule has 0 spiro atoms. The molecule has 0 aliphatic carbocycles. The summed E-state index contributed by atoms with van der Waals surface area (Å²) in [7, 11) is 1.63. The number of carbonyl (C=O) groups excluding carboxylic acids is 1. The largest absolute Gasteiger partial charge is 0.497 e. The first-order chi connectivity index (χ1) is 14.6. The van der Waals surface area contributed by atoms with Gasteiger partial charge >= 0.3 is 0 Å². The van der Waals surface area contributed by atoms with Crippen LogP contribution in [0.1, 0.15) is 21.5 Å². The Kier molecular flexibility index (Phi) is 5.61. The lowest BCUT2D eigenvalue weighted by Gasteiger charge is -2.07. The van der Waals surface area contributed by atoms with Crippen LogP contribution in [0.3, 0.4) is 0 Å². The van der Waals surface area contributed by atoms with Gasteiger partial charge < -0.3 is 10.1 Å². The number of methoxy groups -OCH3 is 1. The third-order valence-corrected chi connectivity index (χ3v) is 4.88. The zero-order valence-electron chi connectivity index (χ0n) is 17.0. The first-order valence-corrected chi connectivity index (χ1v) is 9.77. The Labute approximate surface area is 175 Å². The summed E-state index contributed by atoms with van der Waals surface area (Å²) < 4.78 is 6.93. The van der Waals surface area contributed by atoms with Crippen LogP contribution in [-0.4, -0.2) is 22.8 Å². The summed E-state index contributed by atoms with van der Waals surface area (Å²) >= 11 is 0. The van der Waals surface area contributed by atoms with Crippen molar-refractivity contribution in [2.45, 2.75) is 13.5 Å². The average Bonchev–Trinajstić information content (AvgIpc) is 3.24. The van der Waals surface area contributed by atoms with Crippen molar-refractivity contribution >= 4 is 5.91 Å². The Balaban J connectivity index is 1.64. The predicted octanol–water partition coefficient (Wildman–Crippen LogP) is 4.79. The summed E-state index contributed by atoms with van der Waals surface area (Å²) in [6.07, 6.45) is 1.79. The van der Waals surface area contributed by atoms with E-state index in [1.54, 1.807) is 18.0 Å². The molecule has 5 nitrogen and oxygen atoms in total. The molecule has 30 heavy (non-hydrogen) atoms. The molecule has 0 aliphatic heterocycles. The molecule has 0 unspecified atom stereocenters. The van der Waals surface area contributed by atoms with Crippen LogP contribution in [0.4, 0.5) is 0 Å². The number of rotatable bonds is 6. The number of hydrogen-bond donors (Lipinski definition) is 1. The first kappa shape index (κ1) is 19.5. The molecule has 0 atom stereocenters.